The second kappa shape index (κ2) is 5.35. The van der Waals surface area contributed by atoms with Crippen LogP contribution in [0.1, 0.15) is 13.3 Å². The number of nitrogens with zero attached hydrogens (tertiary/aromatic N) is 1. The van der Waals surface area contributed by atoms with Gasteiger partial charge in [-0.3, -0.25) is 4.98 Å². The second-order valence-corrected chi connectivity index (χ2v) is 2.37. The fourth-order valence-electron chi connectivity index (χ4n) is 0.814. The highest BCUT2D eigenvalue weighted by atomic mass is 16.5. The van der Waals surface area contributed by atoms with E-state index in [4.69, 9.17) is 4.74 Å². The predicted octanol–water partition coefficient (Wildman–Crippen LogP) is 2.43. The van der Waals surface area contributed by atoms with Crippen molar-refractivity contribution < 1.29 is 4.74 Å². The lowest BCUT2D eigenvalue weighted by Gasteiger charge is -2.00. The third kappa shape index (κ3) is 3.19. The van der Waals surface area contributed by atoms with Crippen molar-refractivity contribution in [3.8, 4) is 5.75 Å². The van der Waals surface area contributed by atoms with Gasteiger partial charge in [0.1, 0.15) is 12.4 Å². The summed E-state index contributed by atoms with van der Waals surface area (Å²) in [6.45, 7) is 2.74. The minimum atomic E-state index is 0.637. The SMILES string of the molecule is CC/C=C/COc1ccncc1. The Kier molecular flexibility index (Phi) is 3.92. The summed E-state index contributed by atoms with van der Waals surface area (Å²) in [4.78, 5) is 3.89. The Labute approximate surface area is 72.9 Å². The molecule has 0 saturated carbocycles. The summed E-state index contributed by atoms with van der Waals surface area (Å²) in [5, 5.41) is 0. The van der Waals surface area contributed by atoms with Crippen LogP contribution in [0, 0.1) is 0 Å². The number of ether oxygens (including phenoxy) is 1. The molecule has 0 atom stereocenters. The number of rotatable bonds is 4. The summed E-state index contributed by atoms with van der Waals surface area (Å²) < 4.78 is 5.38. The van der Waals surface area contributed by atoms with Crippen molar-refractivity contribution in [3.05, 3.63) is 36.7 Å². The molecule has 0 N–H and O–H groups in total. The lowest BCUT2D eigenvalue weighted by atomic mass is 10.4. The van der Waals surface area contributed by atoms with Crippen molar-refractivity contribution in [2.75, 3.05) is 6.61 Å². The van der Waals surface area contributed by atoms with E-state index in [1.165, 1.54) is 0 Å². The number of hydrogen-bond donors (Lipinski definition) is 0. The molecule has 0 saturated heterocycles. The normalized spacial score (nSPS) is 10.4. The van der Waals surface area contributed by atoms with E-state index in [-0.39, 0.29) is 0 Å². The molecule has 0 amide bonds. The first kappa shape index (κ1) is 8.78. The zero-order valence-electron chi connectivity index (χ0n) is 7.23. The molecule has 0 aliphatic heterocycles. The van der Waals surface area contributed by atoms with Crippen LogP contribution in [-0.4, -0.2) is 11.6 Å². The van der Waals surface area contributed by atoms with Gasteiger partial charge in [-0.2, -0.15) is 0 Å². The molecule has 2 heteroatoms. The van der Waals surface area contributed by atoms with Crippen molar-refractivity contribution >= 4 is 0 Å². The third-order valence-corrected chi connectivity index (χ3v) is 1.40. The van der Waals surface area contributed by atoms with Gasteiger partial charge in [-0.05, 0) is 18.6 Å². The molecule has 0 radical (unpaired) electrons. The van der Waals surface area contributed by atoms with Crippen LogP contribution < -0.4 is 4.74 Å². The Morgan fingerprint density at radius 1 is 1.33 bits per heavy atom. The highest BCUT2D eigenvalue weighted by Crippen LogP contribution is 2.05. The first-order valence-corrected chi connectivity index (χ1v) is 4.11. The van der Waals surface area contributed by atoms with E-state index < -0.39 is 0 Å². The summed E-state index contributed by atoms with van der Waals surface area (Å²) >= 11 is 0. The minimum Gasteiger partial charge on any atom is -0.489 e. The monoisotopic (exact) mass is 163 g/mol. The molecule has 1 aromatic rings. The summed E-state index contributed by atoms with van der Waals surface area (Å²) in [6, 6.07) is 3.69. The molecular formula is C10H13NO. The number of aromatic nitrogens is 1. The second-order valence-electron chi connectivity index (χ2n) is 2.37. The number of hydrogen-bond acceptors (Lipinski definition) is 2. The van der Waals surface area contributed by atoms with Gasteiger partial charge in [0.15, 0.2) is 0 Å². The lowest BCUT2D eigenvalue weighted by Crippen LogP contribution is -1.92. The van der Waals surface area contributed by atoms with Crippen molar-refractivity contribution in [1.82, 2.24) is 4.98 Å². The Balaban J connectivity index is 2.29. The molecule has 0 aliphatic carbocycles. The van der Waals surface area contributed by atoms with Crippen LogP contribution in [0.2, 0.25) is 0 Å². The largest absolute Gasteiger partial charge is 0.489 e. The Hall–Kier alpha value is -1.31. The van der Waals surface area contributed by atoms with Gasteiger partial charge in [-0.15, -0.1) is 0 Å². The number of pyridine rings is 1. The smallest absolute Gasteiger partial charge is 0.122 e. The topological polar surface area (TPSA) is 22.1 Å². The molecule has 2 nitrogen and oxygen atoms in total. The molecule has 0 fully saturated rings. The summed E-state index contributed by atoms with van der Waals surface area (Å²) in [5.41, 5.74) is 0. The van der Waals surface area contributed by atoms with Crippen LogP contribution in [0.5, 0.6) is 5.75 Å². The fraction of sp³-hybridized carbons (Fsp3) is 0.300. The van der Waals surface area contributed by atoms with Crippen molar-refractivity contribution in [3.63, 3.8) is 0 Å². The van der Waals surface area contributed by atoms with Gasteiger partial charge in [0.2, 0.25) is 0 Å². The fourth-order valence-corrected chi connectivity index (χ4v) is 0.814. The quantitative estimate of drug-likeness (QED) is 0.636. The molecule has 0 unspecified atom stereocenters. The van der Waals surface area contributed by atoms with Crippen molar-refractivity contribution in [1.29, 1.82) is 0 Å². The zero-order valence-corrected chi connectivity index (χ0v) is 7.23. The van der Waals surface area contributed by atoms with Crippen LogP contribution >= 0.6 is 0 Å². The van der Waals surface area contributed by atoms with Crippen LogP contribution in [-0.2, 0) is 0 Å². The summed E-state index contributed by atoms with van der Waals surface area (Å²) in [5.74, 6) is 0.866. The molecule has 0 spiro atoms. The van der Waals surface area contributed by atoms with Gasteiger partial charge in [0.25, 0.3) is 0 Å². The first-order chi connectivity index (χ1) is 5.93. The van der Waals surface area contributed by atoms with E-state index in [1.54, 1.807) is 12.4 Å². The minimum absolute atomic E-state index is 0.637. The van der Waals surface area contributed by atoms with E-state index >= 15 is 0 Å². The molecule has 1 heterocycles. The van der Waals surface area contributed by atoms with Gasteiger partial charge in [-0.1, -0.05) is 19.1 Å². The Bertz CT molecular complexity index is 231. The average molecular weight is 163 g/mol. The van der Waals surface area contributed by atoms with Crippen molar-refractivity contribution in [2.24, 2.45) is 0 Å². The van der Waals surface area contributed by atoms with Gasteiger partial charge >= 0.3 is 0 Å². The molecule has 0 aliphatic rings. The Morgan fingerprint density at radius 2 is 2.08 bits per heavy atom. The number of allylic oxidation sites excluding steroid dienone is 1. The van der Waals surface area contributed by atoms with E-state index in [9.17, 15) is 0 Å². The molecular weight excluding hydrogens is 150 g/mol. The van der Waals surface area contributed by atoms with Gasteiger partial charge in [0, 0.05) is 12.4 Å². The maximum Gasteiger partial charge on any atom is 0.122 e. The lowest BCUT2D eigenvalue weighted by molar-refractivity contribution is 0.362. The standard InChI is InChI=1S/C10H13NO/c1-2-3-4-9-12-10-5-7-11-8-6-10/h3-8H,2,9H2,1H3/b4-3+. The molecule has 12 heavy (non-hydrogen) atoms. The van der Waals surface area contributed by atoms with E-state index in [0.29, 0.717) is 6.61 Å². The van der Waals surface area contributed by atoms with E-state index in [0.717, 1.165) is 12.2 Å². The van der Waals surface area contributed by atoms with E-state index in [1.807, 2.05) is 18.2 Å². The van der Waals surface area contributed by atoms with Gasteiger partial charge in [0.05, 0.1) is 0 Å². The van der Waals surface area contributed by atoms with Crippen LogP contribution in [0.4, 0.5) is 0 Å². The van der Waals surface area contributed by atoms with Crippen LogP contribution in [0.3, 0.4) is 0 Å². The van der Waals surface area contributed by atoms with E-state index in [2.05, 4.69) is 18.0 Å². The van der Waals surface area contributed by atoms with Crippen LogP contribution in [0.15, 0.2) is 36.7 Å². The Morgan fingerprint density at radius 3 is 2.75 bits per heavy atom. The maximum atomic E-state index is 5.38. The average Bonchev–Trinajstić information content (AvgIpc) is 2.14. The maximum absolute atomic E-state index is 5.38. The molecule has 1 aromatic heterocycles. The summed E-state index contributed by atoms with van der Waals surface area (Å²) in [7, 11) is 0. The molecule has 0 aromatic carbocycles. The van der Waals surface area contributed by atoms with Gasteiger partial charge < -0.3 is 4.74 Å². The first-order valence-electron chi connectivity index (χ1n) is 4.11. The zero-order chi connectivity index (χ0) is 8.65. The van der Waals surface area contributed by atoms with Gasteiger partial charge in [-0.25, -0.2) is 0 Å². The molecule has 1 rings (SSSR count). The van der Waals surface area contributed by atoms with Crippen molar-refractivity contribution in [2.45, 2.75) is 13.3 Å². The summed E-state index contributed by atoms with van der Waals surface area (Å²) in [6.07, 6.45) is 8.60. The predicted molar refractivity (Wildman–Crippen MR) is 49.2 cm³/mol. The molecule has 64 valence electrons. The third-order valence-electron chi connectivity index (χ3n) is 1.40. The molecule has 0 bridgehead atoms. The highest BCUT2D eigenvalue weighted by molar-refractivity contribution is 5.16. The highest BCUT2D eigenvalue weighted by Gasteiger charge is 1.86. The van der Waals surface area contributed by atoms with Crippen LogP contribution in [0.25, 0.3) is 0 Å².